The monoisotopic (exact) mass is 609 g/mol. The molecule has 0 radical (unpaired) electrons. The fourth-order valence-electron chi connectivity index (χ4n) is 8.78. The fourth-order valence-corrected chi connectivity index (χ4v) is 8.78. The molecule has 5 aliphatic rings. The summed E-state index contributed by atoms with van der Waals surface area (Å²) in [5.41, 5.74) is 2.08. The van der Waals surface area contributed by atoms with Crippen molar-refractivity contribution in [3.8, 4) is 5.75 Å². The number of aliphatic hydroxyl groups excluding tert-OH is 2. The molecule has 43 heavy (non-hydrogen) atoms. The van der Waals surface area contributed by atoms with E-state index in [1.807, 2.05) is 18.7 Å². The van der Waals surface area contributed by atoms with Gasteiger partial charge >= 0.3 is 6.18 Å². The summed E-state index contributed by atoms with van der Waals surface area (Å²) in [7, 11) is 0. The van der Waals surface area contributed by atoms with Crippen LogP contribution < -0.4 is 11.1 Å². The number of nitrogens with one attached hydrogen (secondary N) is 1. The molecule has 2 saturated heterocycles. The molecule has 1 aromatic carbocycles. The van der Waals surface area contributed by atoms with Crippen LogP contribution in [0, 0.1) is 17.8 Å². The van der Waals surface area contributed by atoms with Gasteiger partial charge in [0, 0.05) is 12.0 Å². The Morgan fingerprint density at radius 1 is 1.28 bits per heavy atom. The van der Waals surface area contributed by atoms with Crippen LogP contribution in [0.4, 0.5) is 13.2 Å². The number of aromatic hydroxyl groups is 1. The summed E-state index contributed by atoms with van der Waals surface area (Å²) in [6.45, 7) is 4.96. The van der Waals surface area contributed by atoms with Gasteiger partial charge in [-0.3, -0.25) is 14.5 Å². The van der Waals surface area contributed by atoms with Crippen molar-refractivity contribution in [2.75, 3.05) is 26.4 Å². The van der Waals surface area contributed by atoms with E-state index in [2.05, 4.69) is 5.32 Å². The molecular formula is C30H38F3N3O7. The summed E-state index contributed by atoms with van der Waals surface area (Å²) in [4.78, 5) is 28.8. The average molecular weight is 610 g/mol. The standard InChI is InChI=1S/C30H38F3N3O7/c1-3-8-36(4-2)23-16-10-13-9-15-20(18(37)11-14(17-6-5-7-35-17)22(15)30(31,32)33)24(38)19(13)26(40)29(16)27(42-12-43-29)21(25(23)39)28(34)41/h11,13,16-17,19,23,26-27,35,37,39-40H,3-10,12H2,1-2H3,(H2,34,41)/t13-,16-,17?,19?,23-,26?,27?,29-/m0/s1. The molecule has 1 saturated carbocycles. The fraction of sp³-hybridized carbons (Fsp3) is 0.667. The van der Waals surface area contributed by atoms with E-state index >= 15 is 0 Å². The topological polar surface area (TPSA) is 155 Å². The van der Waals surface area contributed by atoms with Crippen LogP contribution in [0.5, 0.6) is 5.75 Å². The minimum absolute atomic E-state index is 0.0877. The van der Waals surface area contributed by atoms with Gasteiger partial charge in [0.2, 0.25) is 0 Å². The number of carbonyl (C=O) groups is 2. The summed E-state index contributed by atoms with van der Waals surface area (Å²) < 4.78 is 56.2. The van der Waals surface area contributed by atoms with Gasteiger partial charge in [-0.25, -0.2) is 0 Å². The number of nitrogens with two attached hydrogens (primary N) is 1. The molecule has 6 N–H and O–H groups in total. The lowest BCUT2D eigenvalue weighted by atomic mass is 9.52. The van der Waals surface area contributed by atoms with Crippen LogP contribution in [0.3, 0.4) is 0 Å². The number of benzene rings is 1. The number of nitrogens with zero attached hydrogens (tertiary/aromatic N) is 1. The van der Waals surface area contributed by atoms with E-state index in [9.17, 15) is 38.1 Å². The number of fused-ring (bicyclic) bond motifs is 2. The predicted octanol–water partition coefficient (Wildman–Crippen LogP) is 2.71. The second-order valence-corrected chi connectivity index (χ2v) is 12.4. The Morgan fingerprint density at radius 2 is 2.02 bits per heavy atom. The van der Waals surface area contributed by atoms with Gasteiger partial charge in [-0.15, -0.1) is 0 Å². The van der Waals surface area contributed by atoms with Crippen LogP contribution >= 0.6 is 0 Å². The first kappa shape index (κ1) is 30.3. The molecule has 3 fully saturated rings. The maximum Gasteiger partial charge on any atom is 0.417 e. The molecule has 1 aromatic rings. The number of hydrogen-bond acceptors (Lipinski definition) is 9. The summed E-state index contributed by atoms with van der Waals surface area (Å²) in [6, 6.07) is -0.444. The number of ketones is 1. The molecule has 236 valence electrons. The maximum absolute atomic E-state index is 14.8. The number of likely N-dealkylation sites (N-methyl/N-ethyl adjacent to an activating group) is 1. The lowest BCUT2D eigenvalue weighted by Crippen LogP contribution is -2.72. The Balaban J connectivity index is 1.52. The summed E-state index contributed by atoms with van der Waals surface area (Å²) >= 11 is 0. The zero-order valence-corrected chi connectivity index (χ0v) is 24.1. The summed E-state index contributed by atoms with van der Waals surface area (Å²) in [5, 5.41) is 37.7. The molecule has 1 spiro atoms. The van der Waals surface area contributed by atoms with Crippen molar-refractivity contribution in [2.45, 2.75) is 82.0 Å². The van der Waals surface area contributed by atoms with E-state index in [0.29, 0.717) is 38.9 Å². The third kappa shape index (κ3) is 4.33. The van der Waals surface area contributed by atoms with E-state index in [1.54, 1.807) is 0 Å². The van der Waals surface area contributed by atoms with E-state index in [-0.39, 0.29) is 42.1 Å². The number of Topliss-reactive ketones (excluding diaryl/α,β-unsaturated/α-hetero) is 1. The van der Waals surface area contributed by atoms with Gasteiger partial charge < -0.3 is 35.8 Å². The Kier molecular flexibility index (Phi) is 7.56. The third-order valence-electron chi connectivity index (χ3n) is 10.4. The molecule has 3 aliphatic carbocycles. The predicted molar refractivity (Wildman–Crippen MR) is 146 cm³/mol. The Bertz CT molecular complexity index is 1360. The van der Waals surface area contributed by atoms with Crippen LogP contribution in [0.1, 0.15) is 72.6 Å². The highest BCUT2D eigenvalue weighted by Crippen LogP contribution is 2.59. The largest absolute Gasteiger partial charge is 0.510 e. The van der Waals surface area contributed by atoms with Crippen LogP contribution in [-0.2, 0) is 26.9 Å². The molecular weight excluding hydrogens is 571 g/mol. The quantitative estimate of drug-likeness (QED) is 0.328. The van der Waals surface area contributed by atoms with Crippen molar-refractivity contribution < 1.29 is 47.6 Å². The third-order valence-corrected chi connectivity index (χ3v) is 10.4. The van der Waals surface area contributed by atoms with Crippen LogP contribution in [0.2, 0.25) is 0 Å². The number of carbonyl (C=O) groups excluding carboxylic acids is 2. The van der Waals surface area contributed by atoms with Crippen LogP contribution in [0.15, 0.2) is 17.4 Å². The van der Waals surface area contributed by atoms with Gasteiger partial charge in [0.25, 0.3) is 5.91 Å². The number of halogens is 3. The number of ether oxygens (including phenoxy) is 2. The van der Waals surface area contributed by atoms with Crippen molar-refractivity contribution in [1.82, 2.24) is 10.2 Å². The lowest BCUT2D eigenvalue weighted by molar-refractivity contribution is -0.196. The Morgan fingerprint density at radius 3 is 2.63 bits per heavy atom. The summed E-state index contributed by atoms with van der Waals surface area (Å²) in [5.74, 6) is -5.40. The number of alkyl halides is 3. The molecule has 4 unspecified atom stereocenters. The number of rotatable bonds is 6. The molecule has 10 nitrogen and oxygen atoms in total. The molecule has 6 rings (SSSR count). The minimum atomic E-state index is -4.79. The van der Waals surface area contributed by atoms with E-state index in [1.165, 1.54) is 0 Å². The molecule has 13 heteroatoms. The van der Waals surface area contributed by atoms with Gasteiger partial charge in [0.05, 0.1) is 34.8 Å². The zero-order valence-electron chi connectivity index (χ0n) is 24.1. The number of primary amides is 1. The average Bonchev–Trinajstić information content (AvgIpc) is 3.61. The van der Waals surface area contributed by atoms with E-state index < -0.39 is 82.4 Å². The number of phenolic OH excluding ortho intramolecular Hbond substituents is 1. The van der Waals surface area contributed by atoms with Crippen LogP contribution in [-0.4, -0.2) is 82.2 Å². The molecule has 8 atom stereocenters. The smallest absolute Gasteiger partial charge is 0.417 e. The number of amides is 1. The van der Waals surface area contributed by atoms with Gasteiger partial charge in [0.1, 0.15) is 30.0 Å². The number of phenols is 1. The summed E-state index contributed by atoms with van der Waals surface area (Å²) in [6.07, 6.45) is -6.00. The van der Waals surface area contributed by atoms with Crippen molar-refractivity contribution in [3.63, 3.8) is 0 Å². The Hall–Kier alpha value is -2.71. The Labute approximate surface area is 247 Å². The van der Waals surface area contributed by atoms with Gasteiger partial charge in [-0.1, -0.05) is 13.8 Å². The second-order valence-electron chi connectivity index (χ2n) is 12.4. The van der Waals surface area contributed by atoms with Gasteiger partial charge in [0.15, 0.2) is 5.78 Å². The highest BCUT2D eigenvalue weighted by atomic mass is 19.4. The first-order valence-electron chi connectivity index (χ1n) is 15.0. The molecule has 0 aromatic heterocycles. The first-order valence-corrected chi connectivity index (χ1v) is 15.0. The number of hydrogen-bond donors (Lipinski definition) is 5. The van der Waals surface area contributed by atoms with Gasteiger partial charge in [-0.05, 0) is 74.8 Å². The van der Waals surface area contributed by atoms with Crippen molar-refractivity contribution in [3.05, 3.63) is 39.7 Å². The van der Waals surface area contributed by atoms with E-state index in [4.69, 9.17) is 15.2 Å². The normalized spacial score (nSPS) is 35.5. The molecule has 2 aliphatic heterocycles. The SMILES string of the molecule is CCCN(CC)[C@@H]1C(O)=C(C(N)=O)C2OCO[C@@]23C(O)C2C(=O)c4c(O)cc(C5CCCN5)c(C(F)(F)F)c4C[C@H]2C[C@@H]13. The minimum Gasteiger partial charge on any atom is -0.510 e. The second kappa shape index (κ2) is 10.7. The first-order chi connectivity index (χ1) is 20.4. The van der Waals surface area contributed by atoms with Crippen LogP contribution in [0.25, 0.3) is 0 Å². The van der Waals surface area contributed by atoms with Gasteiger partial charge in [-0.2, -0.15) is 13.2 Å². The highest BCUT2D eigenvalue weighted by Gasteiger charge is 2.70. The van der Waals surface area contributed by atoms with Crippen molar-refractivity contribution in [1.29, 1.82) is 0 Å². The maximum atomic E-state index is 14.8. The lowest BCUT2D eigenvalue weighted by Gasteiger charge is -2.58. The molecule has 0 bridgehead atoms. The molecule has 1 amide bonds. The molecule has 2 heterocycles. The number of aliphatic hydroxyl groups is 2. The van der Waals surface area contributed by atoms with E-state index in [0.717, 1.165) is 6.07 Å². The highest BCUT2D eigenvalue weighted by molar-refractivity contribution is 6.04. The van der Waals surface area contributed by atoms with Crippen molar-refractivity contribution in [2.24, 2.45) is 23.5 Å². The van der Waals surface area contributed by atoms with Crippen molar-refractivity contribution >= 4 is 11.7 Å². The zero-order chi connectivity index (χ0) is 31.0.